The molecule has 0 unspecified atom stereocenters. The van der Waals surface area contributed by atoms with Gasteiger partial charge in [-0.3, -0.25) is 29.3 Å². The highest BCUT2D eigenvalue weighted by atomic mass is 79.9. The normalized spacial score (nSPS) is 12.6. The van der Waals surface area contributed by atoms with Gasteiger partial charge in [-0.2, -0.15) is 16.8 Å². The van der Waals surface area contributed by atoms with Gasteiger partial charge in [0.1, 0.15) is 9.79 Å². The van der Waals surface area contributed by atoms with Crippen molar-refractivity contribution in [1.29, 1.82) is 0 Å². The molecule has 0 radical (unpaired) electrons. The first-order valence-electron chi connectivity index (χ1n) is 7.11. The third kappa shape index (κ3) is 5.21. The number of halogens is 1. The molecule has 0 aliphatic carbocycles. The molecule has 0 saturated heterocycles. The lowest BCUT2D eigenvalue weighted by Crippen LogP contribution is -2.04. The van der Waals surface area contributed by atoms with E-state index in [1.165, 1.54) is 0 Å². The van der Waals surface area contributed by atoms with Crippen LogP contribution in [-0.2, 0) is 20.2 Å². The molecule has 0 aromatic heterocycles. The van der Waals surface area contributed by atoms with Gasteiger partial charge in [-0.05, 0) is 23.8 Å². The van der Waals surface area contributed by atoms with Crippen molar-refractivity contribution >= 4 is 58.1 Å². The molecule has 2 aromatic carbocycles. The third-order valence-electron chi connectivity index (χ3n) is 3.48. The molecule has 29 heavy (non-hydrogen) atoms. The second-order valence-corrected chi connectivity index (χ2v) is 8.99. The first kappa shape index (κ1) is 22.6. The molecule has 2 N–H and O–H groups in total. The summed E-state index contributed by atoms with van der Waals surface area (Å²) in [5, 5.41) is 21.7. The van der Waals surface area contributed by atoms with E-state index in [2.05, 4.69) is 15.9 Å². The number of nitrogens with zero attached hydrogens (tertiary/aromatic N) is 2. The van der Waals surface area contributed by atoms with E-state index in [1.807, 2.05) is 0 Å². The zero-order valence-corrected chi connectivity index (χ0v) is 17.0. The van der Waals surface area contributed by atoms with Crippen molar-refractivity contribution in [3.63, 3.8) is 0 Å². The third-order valence-corrected chi connectivity index (χ3v) is 5.94. The second kappa shape index (κ2) is 7.96. The van der Waals surface area contributed by atoms with E-state index < -0.39 is 51.2 Å². The molecule has 0 aliphatic heterocycles. The molecule has 0 aliphatic rings. The fourth-order valence-electron chi connectivity index (χ4n) is 2.23. The zero-order valence-electron chi connectivity index (χ0n) is 13.8. The van der Waals surface area contributed by atoms with Crippen molar-refractivity contribution in [2.45, 2.75) is 9.79 Å². The molecule has 154 valence electrons. The fraction of sp³-hybridized carbons (Fsp3) is 0. The Hall–Kier alpha value is -2.72. The van der Waals surface area contributed by atoms with Crippen molar-refractivity contribution in [1.82, 2.24) is 0 Å². The highest BCUT2D eigenvalue weighted by molar-refractivity contribution is 9.15. The number of benzene rings is 2. The predicted octanol–water partition coefficient (Wildman–Crippen LogP) is 2.89. The standard InChI is InChI=1S/C14H9BrN2O10S2/c15-12(11-4-3-10(17(20)21)7-14(11)29(25,26)27)5-8-1-2-9(16(18)19)6-13(8)28(22,23)24/h1-7H,(H,22,23,24)(H,25,26,27). The van der Waals surface area contributed by atoms with E-state index in [0.29, 0.717) is 12.1 Å². The van der Waals surface area contributed by atoms with Crippen molar-refractivity contribution in [2.24, 2.45) is 0 Å². The van der Waals surface area contributed by atoms with Gasteiger partial charge in [0.15, 0.2) is 0 Å². The fourth-order valence-corrected chi connectivity index (χ4v) is 4.37. The van der Waals surface area contributed by atoms with Crippen LogP contribution in [0.5, 0.6) is 0 Å². The number of nitro groups is 2. The molecule has 0 spiro atoms. The first-order valence-corrected chi connectivity index (χ1v) is 10.8. The van der Waals surface area contributed by atoms with E-state index in [1.54, 1.807) is 0 Å². The van der Waals surface area contributed by atoms with Gasteiger partial charge in [-0.15, -0.1) is 0 Å². The molecule has 12 nitrogen and oxygen atoms in total. The monoisotopic (exact) mass is 508 g/mol. The summed E-state index contributed by atoms with van der Waals surface area (Å²) in [7, 11) is -9.82. The van der Waals surface area contributed by atoms with E-state index in [9.17, 15) is 46.2 Å². The van der Waals surface area contributed by atoms with Crippen LogP contribution in [0.15, 0.2) is 46.2 Å². The van der Waals surface area contributed by atoms with Gasteiger partial charge in [0.2, 0.25) is 0 Å². The maximum absolute atomic E-state index is 11.6. The van der Waals surface area contributed by atoms with E-state index >= 15 is 0 Å². The number of hydrogen-bond donors (Lipinski definition) is 2. The summed E-state index contributed by atoms with van der Waals surface area (Å²) in [5.41, 5.74) is -1.78. The van der Waals surface area contributed by atoms with Crippen molar-refractivity contribution in [2.75, 3.05) is 0 Å². The van der Waals surface area contributed by atoms with Crippen LogP contribution in [0.4, 0.5) is 11.4 Å². The SMILES string of the molecule is O=[N+]([O-])c1ccc(C=C(Br)c2ccc([N+](=O)[O-])cc2S(=O)(=O)O)c(S(=O)(=O)O)c1. The average Bonchev–Trinajstić information content (AvgIpc) is 2.59. The highest BCUT2D eigenvalue weighted by Crippen LogP contribution is 2.34. The van der Waals surface area contributed by atoms with Crippen LogP contribution in [0.3, 0.4) is 0 Å². The minimum atomic E-state index is -4.92. The Bertz CT molecular complexity index is 1270. The lowest BCUT2D eigenvalue weighted by atomic mass is 10.1. The molecule has 15 heteroatoms. The van der Waals surface area contributed by atoms with Crippen LogP contribution in [0.2, 0.25) is 0 Å². The first-order chi connectivity index (χ1) is 13.2. The van der Waals surface area contributed by atoms with E-state index in [0.717, 1.165) is 30.3 Å². The number of non-ortho nitro benzene ring substituents is 2. The van der Waals surface area contributed by atoms with Gasteiger partial charge in [0.05, 0.1) is 9.85 Å². The Kier molecular flexibility index (Phi) is 6.19. The Labute approximate surface area is 171 Å². The molecule has 0 saturated carbocycles. The summed E-state index contributed by atoms with van der Waals surface area (Å²) in [6.07, 6.45) is 1.00. The summed E-state index contributed by atoms with van der Waals surface area (Å²) < 4.78 is 64.9. The quantitative estimate of drug-likeness (QED) is 0.253. The van der Waals surface area contributed by atoms with Crippen LogP contribution in [0.1, 0.15) is 11.1 Å². The lowest BCUT2D eigenvalue weighted by Gasteiger charge is -2.08. The Balaban J connectivity index is 2.75. The van der Waals surface area contributed by atoms with Gasteiger partial charge in [0, 0.05) is 34.3 Å². The van der Waals surface area contributed by atoms with Crippen LogP contribution < -0.4 is 0 Å². The van der Waals surface area contributed by atoms with Crippen molar-refractivity contribution in [3.05, 3.63) is 67.8 Å². The molecule has 0 amide bonds. The molecular formula is C14H9BrN2O10S2. The van der Waals surface area contributed by atoms with Crippen molar-refractivity contribution < 1.29 is 35.8 Å². The van der Waals surface area contributed by atoms with Crippen LogP contribution in [0, 0.1) is 20.2 Å². The summed E-state index contributed by atoms with van der Waals surface area (Å²) in [6, 6.07) is 5.06. The summed E-state index contributed by atoms with van der Waals surface area (Å²) in [4.78, 5) is 18.2. The number of rotatable bonds is 6. The maximum Gasteiger partial charge on any atom is 0.295 e. The summed E-state index contributed by atoms with van der Waals surface area (Å²) in [5.74, 6) is 0. The van der Waals surface area contributed by atoms with Gasteiger partial charge >= 0.3 is 0 Å². The molecule has 2 aromatic rings. The number of hydrogen-bond acceptors (Lipinski definition) is 8. The lowest BCUT2D eigenvalue weighted by molar-refractivity contribution is -0.385. The smallest absolute Gasteiger partial charge is 0.282 e. The van der Waals surface area contributed by atoms with Crippen LogP contribution in [-0.4, -0.2) is 35.8 Å². The topological polar surface area (TPSA) is 195 Å². The molecule has 0 fully saturated rings. The van der Waals surface area contributed by atoms with Gasteiger partial charge in [0.25, 0.3) is 31.6 Å². The maximum atomic E-state index is 11.6. The van der Waals surface area contributed by atoms with E-state index in [4.69, 9.17) is 0 Å². The Morgan fingerprint density at radius 3 is 1.76 bits per heavy atom. The average molecular weight is 509 g/mol. The summed E-state index contributed by atoms with van der Waals surface area (Å²) in [6.45, 7) is 0. The van der Waals surface area contributed by atoms with Gasteiger partial charge in [-0.25, -0.2) is 0 Å². The summed E-state index contributed by atoms with van der Waals surface area (Å²) >= 11 is 2.98. The highest BCUT2D eigenvalue weighted by Gasteiger charge is 2.23. The molecule has 0 atom stereocenters. The Morgan fingerprint density at radius 2 is 1.31 bits per heavy atom. The van der Waals surface area contributed by atoms with Crippen LogP contribution in [0.25, 0.3) is 10.6 Å². The zero-order chi connectivity index (χ0) is 22.1. The van der Waals surface area contributed by atoms with Gasteiger partial charge < -0.3 is 0 Å². The van der Waals surface area contributed by atoms with Crippen molar-refractivity contribution in [3.8, 4) is 0 Å². The predicted molar refractivity (Wildman–Crippen MR) is 103 cm³/mol. The molecule has 0 heterocycles. The Morgan fingerprint density at radius 1 is 0.862 bits per heavy atom. The minimum Gasteiger partial charge on any atom is -0.282 e. The van der Waals surface area contributed by atoms with Gasteiger partial charge in [-0.1, -0.05) is 15.9 Å². The molecule has 0 bridgehead atoms. The molecule has 2 rings (SSSR count). The minimum absolute atomic E-state index is 0.154. The largest absolute Gasteiger partial charge is 0.295 e. The number of nitro benzene ring substituents is 2. The van der Waals surface area contributed by atoms with E-state index in [-0.39, 0.29) is 15.6 Å². The molecular weight excluding hydrogens is 500 g/mol. The second-order valence-electron chi connectivity index (χ2n) is 5.36. The van der Waals surface area contributed by atoms with Crippen LogP contribution >= 0.6 is 15.9 Å².